The molecule has 7 rings (SSSR count). The Kier molecular flexibility index (Phi) is 5.39. The van der Waals surface area contributed by atoms with E-state index < -0.39 is 0 Å². The van der Waals surface area contributed by atoms with Gasteiger partial charge >= 0.3 is 0 Å². The second-order valence-electron chi connectivity index (χ2n) is 9.66. The van der Waals surface area contributed by atoms with Crippen LogP contribution in [-0.4, -0.2) is 40.8 Å². The van der Waals surface area contributed by atoms with Crippen LogP contribution in [0.5, 0.6) is 0 Å². The zero-order chi connectivity index (χ0) is 25.5. The first-order chi connectivity index (χ1) is 18.7. The number of nitrogens with one attached hydrogen (secondary N) is 3. The van der Waals surface area contributed by atoms with E-state index in [1.54, 1.807) is 31.0 Å². The first-order valence-corrected chi connectivity index (χ1v) is 12.7. The number of anilines is 1. The van der Waals surface area contributed by atoms with Crippen LogP contribution in [0.2, 0.25) is 0 Å². The van der Waals surface area contributed by atoms with Crippen molar-refractivity contribution in [2.45, 2.75) is 25.7 Å². The molecule has 0 saturated heterocycles. The van der Waals surface area contributed by atoms with Crippen molar-refractivity contribution in [1.82, 2.24) is 34.9 Å². The van der Waals surface area contributed by atoms with E-state index in [0.717, 1.165) is 81.4 Å². The van der Waals surface area contributed by atoms with Crippen molar-refractivity contribution >= 4 is 33.7 Å². The van der Waals surface area contributed by atoms with Crippen LogP contribution < -0.4 is 5.32 Å². The zero-order valence-electron chi connectivity index (χ0n) is 20.5. The molecule has 6 heterocycles. The smallest absolute Gasteiger partial charge is 0.227 e. The first-order valence-electron chi connectivity index (χ1n) is 12.7. The fourth-order valence-electron chi connectivity index (χ4n) is 5.26. The summed E-state index contributed by atoms with van der Waals surface area (Å²) >= 11 is 0. The van der Waals surface area contributed by atoms with Crippen LogP contribution in [0, 0.1) is 5.92 Å². The summed E-state index contributed by atoms with van der Waals surface area (Å²) in [6, 6.07) is 7.92. The third-order valence-corrected chi connectivity index (χ3v) is 7.24. The maximum Gasteiger partial charge on any atom is 0.227 e. The number of carbonyl (C=O) groups is 1. The molecule has 1 aliphatic rings. The fraction of sp³-hybridized carbons (Fsp3) is 0.172. The van der Waals surface area contributed by atoms with Crippen molar-refractivity contribution in [3.63, 3.8) is 0 Å². The van der Waals surface area contributed by atoms with Gasteiger partial charge in [-0.05, 0) is 42.7 Å². The average molecular weight is 501 g/mol. The van der Waals surface area contributed by atoms with Crippen LogP contribution in [0.1, 0.15) is 25.7 Å². The molecule has 38 heavy (non-hydrogen) atoms. The molecular weight excluding hydrogens is 476 g/mol. The molecule has 1 fully saturated rings. The Morgan fingerprint density at radius 1 is 0.868 bits per heavy atom. The number of H-pyrrole nitrogens is 2. The third-order valence-electron chi connectivity index (χ3n) is 7.24. The van der Waals surface area contributed by atoms with Gasteiger partial charge in [0.05, 0.1) is 29.1 Å². The number of pyridine rings is 4. The standard InChI is InChI=1S/C29H24N8O/c38-29(18-3-1-2-4-18)35-21-9-19(11-31-13-21)20-10-22-24(15-34-27(22)33-12-20)28-36-25-16-32-14-23(26(25)37-28)17-5-7-30-8-6-17/h5-16,18H,1-4H2,(H,33,34)(H,35,38)(H,36,37). The molecule has 186 valence electrons. The number of fused-ring (bicyclic) bond motifs is 2. The minimum atomic E-state index is 0.0773. The molecule has 0 aliphatic heterocycles. The van der Waals surface area contributed by atoms with Gasteiger partial charge in [0, 0.05) is 70.7 Å². The molecule has 0 spiro atoms. The van der Waals surface area contributed by atoms with Gasteiger partial charge in [0.2, 0.25) is 5.91 Å². The summed E-state index contributed by atoms with van der Waals surface area (Å²) in [7, 11) is 0. The lowest BCUT2D eigenvalue weighted by atomic mass is 10.1. The summed E-state index contributed by atoms with van der Waals surface area (Å²) in [4.78, 5) is 41.8. The topological polar surface area (TPSA) is 125 Å². The molecule has 1 saturated carbocycles. The quantitative estimate of drug-likeness (QED) is 0.277. The van der Waals surface area contributed by atoms with Gasteiger partial charge in [-0.2, -0.15) is 0 Å². The number of hydrogen-bond acceptors (Lipinski definition) is 6. The van der Waals surface area contributed by atoms with Crippen molar-refractivity contribution in [3.05, 3.63) is 73.8 Å². The van der Waals surface area contributed by atoms with Gasteiger partial charge in [-0.3, -0.25) is 19.7 Å². The highest BCUT2D eigenvalue weighted by molar-refractivity contribution is 5.98. The molecule has 0 unspecified atom stereocenters. The predicted octanol–water partition coefficient (Wildman–Crippen LogP) is 5.75. The molecule has 6 aromatic heterocycles. The lowest BCUT2D eigenvalue weighted by Gasteiger charge is -2.11. The van der Waals surface area contributed by atoms with Crippen LogP contribution in [0.3, 0.4) is 0 Å². The van der Waals surface area contributed by atoms with E-state index in [1.165, 1.54) is 0 Å². The highest BCUT2D eigenvalue weighted by Crippen LogP contribution is 2.33. The Labute approximate surface area is 217 Å². The molecule has 3 N–H and O–H groups in total. The van der Waals surface area contributed by atoms with Gasteiger partial charge in [0.25, 0.3) is 0 Å². The van der Waals surface area contributed by atoms with Crippen molar-refractivity contribution in [3.8, 4) is 33.6 Å². The predicted molar refractivity (Wildman–Crippen MR) is 146 cm³/mol. The van der Waals surface area contributed by atoms with E-state index in [-0.39, 0.29) is 11.8 Å². The van der Waals surface area contributed by atoms with E-state index in [4.69, 9.17) is 4.98 Å². The average Bonchev–Trinajstić information content (AvgIpc) is 3.73. The maximum absolute atomic E-state index is 12.6. The summed E-state index contributed by atoms with van der Waals surface area (Å²) in [5.41, 5.74) is 7.78. The van der Waals surface area contributed by atoms with Crippen molar-refractivity contribution in [2.75, 3.05) is 5.32 Å². The second-order valence-corrected chi connectivity index (χ2v) is 9.66. The monoisotopic (exact) mass is 500 g/mol. The SMILES string of the molecule is O=C(Nc1cncc(-c2cnc3[nH]cc(-c4nc5c(-c6ccncc6)cncc5[nH]4)c3c2)c1)C1CCCC1. The zero-order valence-corrected chi connectivity index (χ0v) is 20.5. The molecule has 1 aliphatic carbocycles. The first kappa shape index (κ1) is 22.3. The number of rotatable bonds is 5. The molecule has 0 radical (unpaired) electrons. The summed E-state index contributed by atoms with van der Waals surface area (Å²) in [5, 5.41) is 3.98. The highest BCUT2D eigenvalue weighted by Gasteiger charge is 2.23. The molecule has 9 nitrogen and oxygen atoms in total. The van der Waals surface area contributed by atoms with Gasteiger partial charge in [0.1, 0.15) is 11.5 Å². The molecule has 0 aromatic carbocycles. The van der Waals surface area contributed by atoms with Crippen LogP contribution in [0.25, 0.3) is 55.7 Å². The number of hydrogen-bond donors (Lipinski definition) is 3. The Bertz CT molecular complexity index is 1780. The normalized spacial score (nSPS) is 13.9. The van der Waals surface area contributed by atoms with Gasteiger partial charge in [-0.25, -0.2) is 9.97 Å². The summed E-state index contributed by atoms with van der Waals surface area (Å²) in [5.74, 6) is 0.898. The van der Waals surface area contributed by atoms with Crippen molar-refractivity contribution in [1.29, 1.82) is 0 Å². The summed E-state index contributed by atoms with van der Waals surface area (Å²) < 4.78 is 0. The van der Waals surface area contributed by atoms with Crippen molar-refractivity contribution in [2.24, 2.45) is 5.92 Å². The lowest BCUT2D eigenvalue weighted by molar-refractivity contribution is -0.119. The van der Waals surface area contributed by atoms with Crippen LogP contribution >= 0.6 is 0 Å². The van der Waals surface area contributed by atoms with Crippen LogP contribution in [0.15, 0.2) is 73.8 Å². The number of imidazole rings is 1. The van der Waals surface area contributed by atoms with Gasteiger partial charge in [0.15, 0.2) is 0 Å². The van der Waals surface area contributed by atoms with E-state index in [9.17, 15) is 4.79 Å². The van der Waals surface area contributed by atoms with E-state index in [1.807, 2.05) is 36.8 Å². The molecular formula is C29H24N8O. The van der Waals surface area contributed by atoms with Crippen molar-refractivity contribution < 1.29 is 4.79 Å². The molecule has 6 aromatic rings. The largest absolute Gasteiger partial charge is 0.345 e. The molecule has 0 bridgehead atoms. The molecule has 1 amide bonds. The Morgan fingerprint density at radius 2 is 1.68 bits per heavy atom. The Morgan fingerprint density at radius 3 is 2.55 bits per heavy atom. The highest BCUT2D eigenvalue weighted by atomic mass is 16.1. The number of carbonyl (C=O) groups excluding carboxylic acids is 1. The number of aromatic amines is 2. The Hall–Kier alpha value is -4.92. The maximum atomic E-state index is 12.6. The Balaban J connectivity index is 1.25. The fourth-order valence-corrected chi connectivity index (χ4v) is 5.26. The number of nitrogens with zero attached hydrogens (tertiary/aromatic N) is 5. The van der Waals surface area contributed by atoms with Gasteiger partial charge in [-0.1, -0.05) is 12.8 Å². The van der Waals surface area contributed by atoms with E-state index in [0.29, 0.717) is 5.69 Å². The lowest BCUT2D eigenvalue weighted by Crippen LogP contribution is -2.20. The van der Waals surface area contributed by atoms with Gasteiger partial charge in [-0.15, -0.1) is 0 Å². The van der Waals surface area contributed by atoms with Crippen LogP contribution in [0.4, 0.5) is 5.69 Å². The molecule has 9 heteroatoms. The summed E-state index contributed by atoms with van der Waals surface area (Å²) in [6.45, 7) is 0. The van der Waals surface area contributed by atoms with E-state index >= 15 is 0 Å². The second kappa shape index (κ2) is 9.19. The number of amides is 1. The van der Waals surface area contributed by atoms with Crippen LogP contribution in [-0.2, 0) is 4.79 Å². The molecule has 0 atom stereocenters. The number of aromatic nitrogens is 7. The third kappa shape index (κ3) is 3.98. The summed E-state index contributed by atoms with van der Waals surface area (Å²) in [6.07, 6.45) is 18.5. The minimum absolute atomic E-state index is 0.0773. The minimum Gasteiger partial charge on any atom is -0.345 e. The van der Waals surface area contributed by atoms with Gasteiger partial charge < -0.3 is 15.3 Å². The van der Waals surface area contributed by atoms with E-state index in [2.05, 4.69) is 41.3 Å².